The molecule has 0 amide bonds. The number of ketones is 1. The van der Waals surface area contributed by atoms with Crippen LogP contribution in [0.2, 0.25) is 0 Å². The summed E-state index contributed by atoms with van der Waals surface area (Å²) in [4.78, 5) is 19.5. The van der Waals surface area contributed by atoms with Crippen LogP contribution < -0.4 is 0 Å². The number of Topliss-reactive ketones (excluding diaryl/α,β-unsaturated/α-hetero) is 1. The average molecular weight is 300 g/mol. The van der Waals surface area contributed by atoms with Crippen molar-refractivity contribution in [3.8, 4) is 0 Å². The second-order valence-electron chi connectivity index (χ2n) is 7.25. The molecule has 3 rings (SSSR count). The van der Waals surface area contributed by atoms with Crippen LogP contribution in [0.4, 0.5) is 0 Å². The van der Waals surface area contributed by atoms with Gasteiger partial charge in [-0.05, 0) is 37.5 Å². The van der Waals surface area contributed by atoms with E-state index in [1.165, 1.54) is 44.9 Å². The van der Waals surface area contributed by atoms with E-state index in [0.717, 1.165) is 18.8 Å². The maximum absolute atomic E-state index is 12.6. The van der Waals surface area contributed by atoms with Gasteiger partial charge < -0.3 is 4.98 Å². The van der Waals surface area contributed by atoms with E-state index in [-0.39, 0.29) is 11.2 Å². The quantitative estimate of drug-likeness (QED) is 0.573. The lowest BCUT2D eigenvalue weighted by molar-refractivity contribution is 0.0865. The van der Waals surface area contributed by atoms with Crippen molar-refractivity contribution in [3.63, 3.8) is 0 Å². The Balaban J connectivity index is 1.49. The molecule has 1 atom stereocenters. The number of rotatable bonds is 7. The predicted octanol–water partition coefficient (Wildman–Crippen LogP) is 4.93. The van der Waals surface area contributed by atoms with Gasteiger partial charge in [-0.25, -0.2) is 4.98 Å². The molecule has 0 unspecified atom stereocenters. The smallest absolute Gasteiger partial charge is 0.187 e. The SMILES string of the molecule is C[C@H](/C=C\CCC1CCCCC1)C1(C(=O)c2cnc[nH]2)CC1. The second-order valence-corrected chi connectivity index (χ2v) is 7.25. The lowest BCUT2D eigenvalue weighted by atomic mass is 9.84. The van der Waals surface area contributed by atoms with Crippen molar-refractivity contribution in [2.75, 3.05) is 0 Å². The molecule has 0 radical (unpaired) electrons. The number of imidazole rings is 1. The van der Waals surface area contributed by atoms with Crippen LogP contribution >= 0.6 is 0 Å². The molecule has 2 fully saturated rings. The van der Waals surface area contributed by atoms with Gasteiger partial charge in [0.25, 0.3) is 0 Å². The molecule has 22 heavy (non-hydrogen) atoms. The number of allylic oxidation sites excluding steroid dienone is 2. The van der Waals surface area contributed by atoms with Crippen molar-refractivity contribution in [2.45, 2.75) is 64.7 Å². The van der Waals surface area contributed by atoms with E-state index in [2.05, 4.69) is 29.0 Å². The van der Waals surface area contributed by atoms with Crippen LogP contribution in [0.25, 0.3) is 0 Å². The number of nitrogens with one attached hydrogen (secondary N) is 1. The molecule has 120 valence electrons. The number of hydrogen-bond acceptors (Lipinski definition) is 2. The van der Waals surface area contributed by atoms with Gasteiger partial charge in [0.2, 0.25) is 0 Å². The molecular weight excluding hydrogens is 272 g/mol. The van der Waals surface area contributed by atoms with Crippen LogP contribution in [0.1, 0.15) is 75.2 Å². The molecule has 1 N–H and O–H groups in total. The van der Waals surface area contributed by atoms with Crippen molar-refractivity contribution in [1.29, 1.82) is 0 Å². The van der Waals surface area contributed by atoms with Crippen LogP contribution in [-0.4, -0.2) is 15.8 Å². The first-order chi connectivity index (χ1) is 10.7. The Hall–Kier alpha value is -1.38. The highest BCUT2D eigenvalue weighted by Crippen LogP contribution is 2.54. The van der Waals surface area contributed by atoms with Crippen molar-refractivity contribution in [1.82, 2.24) is 9.97 Å². The Bertz CT molecular complexity index is 508. The second kappa shape index (κ2) is 6.80. The Morgan fingerprint density at radius 3 is 2.82 bits per heavy atom. The number of carbonyl (C=O) groups excluding carboxylic acids is 1. The first-order valence-electron chi connectivity index (χ1n) is 8.92. The normalized spacial score (nSPS) is 22.8. The highest BCUT2D eigenvalue weighted by atomic mass is 16.1. The molecule has 0 aliphatic heterocycles. The zero-order chi connectivity index (χ0) is 15.4. The largest absolute Gasteiger partial charge is 0.342 e. The van der Waals surface area contributed by atoms with Crippen molar-refractivity contribution < 1.29 is 4.79 Å². The molecule has 0 saturated heterocycles. The van der Waals surface area contributed by atoms with Gasteiger partial charge in [0.1, 0.15) is 5.69 Å². The van der Waals surface area contributed by atoms with Crippen LogP contribution in [-0.2, 0) is 0 Å². The zero-order valence-electron chi connectivity index (χ0n) is 13.7. The molecule has 1 aromatic rings. The third-order valence-electron chi connectivity index (χ3n) is 5.75. The van der Waals surface area contributed by atoms with Crippen molar-refractivity contribution in [3.05, 3.63) is 30.4 Å². The van der Waals surface area contributed by atoms with Crippen molar-refractivity contribution in [2.24, 2.45) is 17.3 Å². The summed E-state index contributed by atoms with van der Waals surface area (Å²) >= 11 is 0. The summed E-state index contributed by atoms with van der Waals surface area (Å²) in [7, 11) is 0. The Morgan fingerprint density at radius 2 is 2.18 bits per heavy atom. The van der Waals surface area contributed by atoms with Crippen LogP contribution in [0.3, 0.4) is 0 Å². The minimum absolute atomic E-state index is 0.159. The minimum Gasteiger partial charge on any atom is -0.342 e. The topological polar surface area (TPSA) is 45.8 Å². The van der Waals surface area contributed by atoms with Crippen LogP contribution in [0.15, 0.2) is 24.7 Å². The standard InChI is InChI=1S/C19H28N2O/c1-15(7-5-6-10-16-8-3-2-4-9-16)19(11-12-19)18(22)17-13-20-14-21-17/h5,7,13-16H,2-4,6,8-12H2,1H3,(H,20,21)/b7-5-/t15-/m1/s1. The number of H-pyrrole nitrogens is 1. The third kappa shape index (κ3) is 3.34. The third-order valence-corrected chi connectivity index (χ3v) is 5.75. The summed E-state index contributed by atoms with van der Waals surface area (Å²) in [6, 6.07) is 0. The van der Waals surface area contributed by atoms with E-state index in [1.54, 1.807) is 12.5 Å². The summed E-state index contributed by atoms with van der Waals surface area (Å²) in [6.07, 6.45) is 19.5. The van der Waals surface area contributed by atoms with E-state index < -0.39 is 0 Å². The molecule has 0 bridgehead atoms. The molecule has 2 aliphatic carbocycles. The molecule has 0 aromatic carbocycles. The monoisotopic (exact) mass is 300 g/mol. The number of hydrogen-bond donors (Lipinski definition) is 1. The van der Waals surface area contributed by atoms with Gasteiger partial charge in [0.05, 0.1) is 12.5 Å². The molecule has 3 nitrogen and oxygen atoms in total. The Labute approximate surface area is 133 Å². The molecule has 2 saturated carbocycles. The summed E-state index contributed by atoms with van der Waals surface area (Å²) in [6.45, 7) is 2.19. The fourth-order valence-corrected chi connectivity index (χ4v) is 3.96. The zero-order valence-corrected chi connectivity index (χ0v) is 13.7. The predicted molar refractivity (Wildman–Crippen MR) is 88.7 cm³/mol. The van der Waals surface area contributed by atoms with E-state index in [0.29, 0.717) is 11.6 Å². The van der Waals surface area contributed by atoms with Gasteiger partial charge in [0.15, 0.2) is 5.78 Å². The number of carbonyl (C=O) groups is 1. The van der Waals surface area contributed by atoms with Crippen LogP contribution in [0.5, 0.6) is 0 Å². The van der Waals surface area contributed by atoms with Gasteiger partial charge in [-0.1, -0.05) is 51.2 Å². The molecule has 1 heterocycles. The van der Waals surface area contributed by atoms with Gasteiger partial charge in [-0.2, -0.15) is 0 Å². The summed E-state index contributed by atoms with van der Waals surface area (Å²) < 4.78 is 0. The lowest BCUT2D eigenvalue weighted by Crippen LogP contribution is -2.23. The summed E-state index contributed by atoms with van der Waals surface area (Å²) in [5.74, 6) is 1.51. The van der Waals surface area contributed by atoms with Gasteiger partial charge in [-0.3, -0.25) is 4.79 Å². The van der Waals surface area contributed by atoms with E-state index >= 15 is 0 Å². The first kappa shape index (κ1) is 15.5. The Kier molecular flexibility index (Phi) is 4.80. The number of aromatic amines is 1. The maximum atomic E-state index is 12.6. The van der Waals surface area contributed by atoms with Crippen LogP contribution in [0, 0.1) is 17.3 Å². The van der Waals surface area contributed by atoms with Crippen molar-refractivity contribution >= 4 is 5.78 Å². The summed E-state index contributed by atoms with van der Waals surface area (Å²) in [5.41, 5.74) is 0.508. The molecule has 2 aliphatic rings. The molecular formula is C19H28N2O. The highest BCUT2D eigenvalue weighted by Gasteiger charge is 2.53. The van der Waals surface area contributed by atoms with E-state index in [9.17, 15) is 4.79 Å². The van der Waals surface area contributed by atoms with Gasteiger partial charge in [-0.15, -0.1) is 0 Å². The maximum Gasteiger partial charge on any atom is 0.187 e. The van der Waals surface area contributed by atoms with E-state index in [4.69, 9.17) is 0 Å². The lowest BCUT2D eigenvalue weighted by Gasteiger charge is -2.21. The molecule has 1 aromatic heterocycles. The van der Waals surface area contributed by atoms with Gasteiger partial charge in [0, 0.05) is 5.41 Å². The highest BCUT2D eigenvalue weighted by molar-refractivity contribution is 6.00. The van der Waals surface area contributed by atoms with Gasteiger partial charge >= 0.3 is 0 Å². The Morgan fingerprint density at radius 1 is 1.41 bits per heavy atom. The minimum atomic E-state index is -0.159. The first-order valence-corrected chi connectivity index (χ1v) is 8.92. The number of aromatic nitrogens is 2. The molecule has 3 heteroatoms. The molecule has 0 spiro atoms. The van der Waals surface area contributed by atoms with E-state index in [1.807, 2.05) is 0 Å². The fourth-order valence-electron chi connectivity index (χ4n) is 3.96. The summed E-state index contributed by atoms with van der Waals surface area (Å²) in [5, 5.41) is 0. The average Bonchev–Trinajstić information content (AvgIpc) is 3.19. The number of nitrogens with zero attached hydrogens (tertiary/aromatic N) is 1. The fraction of sp³-hybridized carbons (Fsp3) is 0.684.